The highest BCUT2D eigenvalue weighted by molar-refractivity contribution is 5.41. The van der Waals surface area contributed by atoms with Crippen LogP contribution < -0.4 is 10.1 Å². The Hall–Kier alpha value is -2.00. The predicted molar refractivity (Wildman–Crippen MR) is 81.1 cm³/mol. The van der Waals surface area contributed by atoms with Crippen LogP contribution in [-0.2, 0) is 13.0 Å². The Bertz CT molecular complexity index is 526. The van der Waals surface area contributed by atoms with Gasteiger partial charge in [-0.05, 0) is 43.1 Å². The largest absolute Gasteiger partial charge is 0.504 e. The fourth-order valence-electron chi connectivity index (χ4n) is 2.05. The lowest BCUT2D eigenvalue weighted by Crippen LogP contribution is -2.16. The smallest absolute Gasteiger partial charge is 0.161 e. The van der Waals surface area contributed by atoms with Gasteiger partial charge in [-0.1, -0.05) is 36.4 Å². The maximum absolute atomic E-state index is 9.64. The van der Waals surface area contributed by atoms with E-state index in [4.69, 9.17) is 4.74 Å². The van der Waals surface area contributed by atoms with E-state index in [1.165, 1.54) is 5.56 Å². The zero-order valence-electron chi connectivity index (χ0n) is 11.8. The zero-order chi connectivity index (χ0) is 14.2. The SMILES string of the molecule is CCOc1cc(CNCCc2ccccc2)ccc1O. The summed E-state index contributed by atoms with van der Waals surface area (Å²) in [6.07, 6.45) is 1.01. The van der Waals surface area contributed by atoms with Gasteiger partial charge in [-0.25, -0.2) is 0 Å². The Balaban J connectivity index is 1.80. The van der Waals surface area contributed by atoms with Crippen molar-refractivity contribution in [2.75, 3.05) is 13.2 Å². The number of phenols is 1. The summed E-state index contributed by atoms with van der Waals surface area (Å²) in [5.74, 6) is 0.745. The number of hydrogen-bond donors (Lipinski definition) is 2. The van der Waals surface area contributed by atoms with Crippen LogP contribution in [0.3, 0.4) is 0 Å². The molecule has 106 valence electrons. The van der Waals surface area contributed by atoms with Gasteiger partial charge in [0.25, 0.3) is 0 Å². The third kappa shape index (κ3) is 4.28. The highest BCUT2D eigenvalue weighted by atomic mass is 16.5. The summed E-state index contributed by atoms with van der Waals surface area (Å²) in [5, 5.41) is 13.0. The fraction of sp³-hybridized carbons (Fsp3) is 0.294. The molecule has 0 aromatic heterocycles. The van der Waals surface area contributed by atoms with Crippen LogP contribution >= 0.6 is 0 Å². The van der Waals surface area contributed by atoms with E-state index in [2.05, 4.69) is 29.6 Å². The normalized spacial score (nSPS) is 10.4. The first kappa shape index (κ1) is 14.4. The molecule has 0 aliphatic heterocycles. The second-order valence-electron chi connectivity index (χ2n) is 4.65. The van der Waals surface area contributed by atoms with Gasteiger partial charge < -0.3 is 15.2 Å². The molecule has 2 rings (SSSR count). The summed E-state index contributed by atoms with van der Waals surface area (Å²) in [5.41, 5.74) is 2.44. The van der Waals surface area contributed by atoms with E-state index in [9.17, 15) is 5.11 Å². The van der Waals surface area contributed by atoms with Crippen LogP contribution in [-0.4, -0.2) is 18.3 Å². The van der Waals surface area contributed by atoms with Crippen molar-refractivity contribution in [3.63, 3.8) is 0 Å². The number of phenolic OH excluding ortho intramolecular Hbond substituents is 1. The van der Waals surface area contributed by atoms with Crippen molar-refractivity contribution in [2.24, 2.45) is 0 Å². The lowest BCUT2D eigenvalue weighted by molar-refractivity contribution is 0.317. The Morgan fingerprint density at radius 1 is 1.05 bits per heavy atom. The molecule has 2 N–H and O–H groups in total. The van der Waals surface area contributed by atoms with Gasteiger partial charge >= 0.3 is 0 Å². The second-order valence-corrected chi connectivity index (χ2v) is 4.65. The van der Waals surface area contributed by atoms with Gasteiger partial charge in [0.05, 0.1) is 6.61 Å². The summed E-state index contributed by atoms with van der Waals surface area (Å²) in [6.45, 7) is 4.16. The van der Waals surface area contributed by atoms with Gasteiger partial charge in [0.1, 0.15) is 0 Å². The Morgan fingerprint density at radius 2 is 1.85 bits per heavy atom. The molecule has 0 aliphatic rings. The van der Waals surface area contributed by atoms with E-state index in [0.717, 1.165) is 25.1 Å². The molecule has 2 aromatic rings. The highest BCUT2D eigenvalue weighted by Crippen LogP contribution is 2.26. The number of ether oxygens (including phenoxy) is 1. The molecule has 0 atom stereocenters. The summed E-state index contributed by atoms with van der Waals surface area (Å²) in [4.78, 5) is 0. The average Bonchev–Trinajstić information content (AvgIpc) is 2.48. The minimum absolute atomic E-state index is 0.194. The standard InChI is InChI=1S/C17H21NO2/c1-2-20-17-12-15(8-9-16(17)19)13-18-11-10-14-6-4-3-5-7-14/h3-9,12,18-19H,2,10-11,13H2,1H3. The number of hydrogen-bond acceptors (Lipinski definition) is 3. The van der Waals surface area contributed by atoms with Gasteiger partial charge in [0, 0.05) is 6.54 Å². The topological polar surface area (TPSA) is 41.5 Å². The summed E-state index contributed by atoms with van der Waals surface area (Å²) >= 11 is 0. The van der Waals surface area contributed by atoms with E-state index in [1.807, 2.05) is 25.1 Å². The van der Waals surface area contributed by atoms with Crippen LogP contribution in [0.1, 0.15) is 18.1 Å². The summed E-state index contributed by atoms with van der Waals surface area (Å²) < 4.78 is 5.38. The monoisotopic (exact) mass is 271 g/mol. The molecular weight excluding hydrogens is 250 g/mol. The quantitative estimate of drug-likeness (QED) is 0.760. The lowest BCUT2D eigenvalue weighted by Gasteiger charge is -2.09. The Morgan fingerprint density at radius 3 is 2.60 bits per heavy atom. The lowest BCUT2D eigenvalue weighted by atomic mass is 10.1. The number of rotatable bonds is 7. The molecule has 0 radical (unpaired) electrons. The predicted octanol–water partition coefficient (Wildman–Crippen LogP) is 3.12. The van der Waals surface area contributed by atoms with Crippen molar-refractivity contribution >= 4 is 0 Å². The maximum atomic E-state index is 9.64. The van der Waals surface area contributed by atoms with Gasteiger partial charge in [-0.2, -0.15) is 0 Å². The molecule has 20 heavy (non-hydrogen) atoms. The molecule has 0 aliphatic carbocycles. The van der Waals surface area contributed by atoms with Crippen LogP contribution in [0.25, 0.3) is 0 Å². The minimum Gasteiger partial charge on any atom is -0.504 e. The van der Waals surface area contributed by atoms with E-state index >= 15 is 0 Å². The van der Waals surface area contributed by atoms with Gasteiger partial charge in [0.2, 0.25) is 0 Å². The van der Waals surface area contributed by atoms with Crippen LogP contribution in [0.4, 0.5) is 0 Å². The minimum atomic E-state index is 0.194. The molecule has 3 nitrogen and oxygen atoms in total. The molecule has 0 amide bonds. The molecule has 0 bridgehead atoms. The van der Waals surface area contributed by atoms with Gasteiger partial charge in [-0.3, -0.25) is 0 Å². The number of aromatic hydroxyl groups is 1. The van der Waals surface area contributed by atoms with E-state index in [0.29, 0.717) is 12.4 Å². The zero-order valence-corrected chi connectivity index (χ0v) is 11.8. The fourth-order valence-corrected chi connectivity index (χ4v) is 2.05. The third-order valence-corrected chi connectivity index (χ3v) is 3.09. The molecule has 0 saturated heterocycles. The average molecular weight is 271 g/mol. The van der Waals surface area contributed by atoms with Crippen LogP contribution in [0.2, 0.25) is 0 Å². The molecule has 3 heteroatoms. The first-order chi connectivity index (χ1) is 9.79. The van der Waals surface area contributed by atoms with Crippen molar-refractivity contribution in [3.8, 4) is 11.5 Å². The maximum Gasteiger partial charge on any atom is 0.161 e. The number of nitrogens with one attached hydrogen (secondary N) is 1. The van der Waals surface area contributed by atoms with Crippen LogP contribution in [0.15, 0.2) is 48.5 Å². The van der Waals surface area contributed by atoms with Crippen molar-refractivity contribution in [1.29, 1.82) is 0 Å². The van der Waals surface area contributed by atoms with E-state index < -0.39 is 0 Å². The second kappa shape index (κ2) is 7.56. The Kier molecular flexibility index (Phi) is 5.44. The molecule has 0 heterocycles. The van der Waals surface area contributed by atoms with Crippen molar-refractivity contribution in [3.05, 3.63) is 59.7 Å². The molecular formula is C17H21NO2. The molecule has 0 saturated carbocycles. The number of benzene rings is 2. The van der Waals surface area contributed by atoms with E-state index in [1.54, 1.807) is 6.07 Å². The molecule has 0 fully saturated rings. The van der Waals surface area contributed by atoms with Crippen molar-refractivity contribution < 1.29 is 9.84 Å². The van der Waals surface area contributed by atoms with Crippen molar-refractivity contribution in [2.45, 2.75) is 19.9 Å². The molecule has 2 aromatic carbocycles. The molecule has 0 spiro atoms. The summed E-state index contributed by atoms with van der Waals surface area (Å²) in [7, 11) is 0. The summed E-state index contributed by atoms with van der Waals surface area (Å²) in [6, 6.07) is 15.9. The first-order valence-corrected chi connectivity index (χ1v) is 6.99. The van der Waals surface area contributed by atoms with Gasteiger partial charge in [0.15, 0.2) is 11.5 Å². The van der Waals surface area contributed by atoms with E-state index in [-0.39, 0.29) is 5.75 Å². The molecule has 0 unspecified atom stereocenters. The van der Waals surface area contributed by atoms with Gasteiger partial charge in [-0.15, -0.1) is 0 Å². The highest BCUT2D eigenvalue weighted by Gasteiger charge is 2.03. The van der Waals surface area contributed by atoms with Crippen molar-refractivity contribution in [1.82, 2.24) is 5.32 Å². The van der Waals surface area contributed by atoms with Crippen LogP contribution in [0, 0.1) is 0 Å². The van der Waals surface area contributed by atoms with Crippen LogP contribution in [0.5, 0.6) is 11.5 Å². The first-order valence-electron chi connectivity index (χ1n) is 6.99. The third-order valence-electron chi connectivity index (χ3n) is 3.09. The Labute approximate surface area is 120 Å².